The maximum absolute atomic E-state index is 12.6. The predicted octanol–water partition coefficient (Wildman–Crippen LogP) is 1.58. The number of aromatic amines is 2. The molecule has 0 amide bonds. The number of hydrogen-bond donors (Lipinski definition) is 3. The van der Waals surface area contributed by atoms with E-state index in [0.29, 0.717) is 10.9 Å². The number of aromatic nitrogens is 3. The third-order valence-corrected chi connectivity index (χ3v) is 5.45. The van der Waals surface area contributed by atoms with E-state index >= 15 is 0 Å². The highest BCUT2D eigenvalue weighted by Gasteiger charge is 2.21. The summed E-state index contributed by atoms with van der Waals surface area (Å²) in [6.45, 7) is 1.84. The molecule has 0 radical (unpaired) electrons. The Labute approximate surface area is 147 Å². The van der Waals surface area contributed by atoms with E-state index < -0.39 is 21.1 Å². The van der Waals surface area contributed by atoms with Crippen LogP contribution in [0.25, 0.3) is 16.6 Å². The van der Waals surface area contributed by atoms with Crippen LogP contribution in [-0.4, -0.2) is 23.0 Å². The van der Waals surface area contributed by atoms with Gasteiger partial charge in [-0.25, -0.2) is 8.42 Å². The van der Waals surface area contributed by atoms with Crippen molar-refractivity contribution >= 4 is 32.3 Å². The third kappa shape index (κ3) is 2.49. The van der Waals surface area contributed by atoms with Crippen LogP contribution >= 0.6 is 0 Å². The van der Waals surface area contributed by atoms with E-state index in [-0.39, 0.29) is 16.2 Å². The summed E-state index contributed by atoms with van der Waals surface area (Å²) in [5.74, 6) is 0. The van der Waals surface area contributed by atoms with Gasteiger partial charge < -0.3 is 4.98 Å². The zero-order valence-corrected chi connectivity index (χ0v) is 14.4. The van der Waals surface area contributed by atoms with Crippen molar-refractivity contribution in [2.75, 3.05) is 4.72 Å². The van der Waals surface area contributed by atoms with Crippen molar-refractivity contribution in [2.24, 2.45) is 0 Å². The van der Waals surface area contributed by atoms with Gasteiger partial charge in [-0.15, -0.1) is 0 Å². The molecule has 2 heterocycles. The van der Waals surface area contributed by atoms with Gasteiger partial charge in [-0.3, -0.25) is 19.4 Å². The number of para-hydroxylation sites is 1. The van der Waals surface area contributed by atoms with Gasteiger partial charge in [0.05, 0.1) is 15.8 Å². The summed E-state index contributed by atoms with van der Waals surface area (Å²) in [6, 6.07) is 12.9. The summed E-state index contributed by atoms with van der Waals surface area (Å²) >= 11 is 0. The van der Waals surface area contributed by atoms with E-state index in [1.807, 2.05) is 6.92 Å². The van der Waals surface area contributed by atoms with Crippen molar-refractivity contribution in [1.82, 2.24) is 14.6 Å². The van der Waals surface area contributed by atoms with Crippen LogP contribution in [0.2, 0.25) is 0 Å². The minimum Gasteiger partial charge on any atom is -0.338 e. The average molecular weight is 370 g/mol. The van der Waals surface area contributed by atoms with Crippen LogP contribution in [0, 0.1) is 6.92 Å². The lowest BCUT2D eigenvalue weighted by molar-refractivity contribution is 0.601. The van der Waals surface area contributed by atoms with Gasteiger partial charge in [0, 0.05) is 0 Å². The molecule has 0 spiro atoms. The van der Waals surface area contributed by atoms with Gasteiger partial charge in [0.1, 0.15) is 0 Å². The highest BCUT2D eigenvalue weighted by molar-refractivity contribution is 7.92. The van der Waals surface area contributed by atoms with Crippen molar-refractivity contribution in [3.05, 3.63) is 74.8 Å². The molecule has 26 heavy (non-hydrogen) atoms. The Kier molecular flexibility index (Phi) is 3.48. The lowest BCUT2D eigenvalue weighted by atomic mass is 10.2. The molecule has 4 aromatic rings. The molecule has 8 nitrogen and oxygen atoms in total. The number of nitrogens with one attached hydrogen (secondary N) is 3. The molecule has 3 N–H and O–H groups in total. The molecule has 2 aromatic heterocycles. The number of rotatable bonds is 3. The first-order valence-electron chi connectivity index (χ1n) is 7.72. The predicted molar refractivity (Wildman–Crippen MR) is 98.1 cm³/mol. The fraction of sp³-hybridized carbons (Fsp3) is 0.0588. The number of aryl methyl sites for hydroxylation is 1. The maximum atomic E-state index is 12.6. The van der Waals surface area contributed by atoms with Crippen LogP contribution in [0.1, 0.15) is 5.56 Å². The summed E-state index contributed by atoms with van der Waals surface area (Å²) in [5, 5.41) is 2.74. The van der Waals surface area contributed by atoms with E-state index in [9.17, 15) is 18.0 Å². The summed E-state index contributed by atoms with van der Waals surface area (Å²) in [4.78, 5) is 27.7. The van der Waals surface area contributed by atoms with Gasteiger partial charge in [-0.1, -0.05) is 29.8 Å². The van der Waals surface area contributed by atoms with Crippen molar-refractivity contribution in [2.45, 2.75) is 11.8 Å². The highest BCUT2D eigenvalue weighted by Crippen LogP contribution is 2.18. The first kappa shape index (κ1) is 16.2. The molecular formula is C17H14N4O4S. The molecule has 0 bridgehead atoms. The van der Waals surface area contributed by atoms with Crippen LogP contribution in [0.15, 0.2) is 63.0 Å². The third-order valence-electron chi connectivity index (χ3n) is 4.08. The van der Waals surface area contributed by atoms with E-state index in [4.69, 9.17) is 0 Å². The highest BCUT2D eigenvalue weighted by atomic mass is 32.2. The lowest BCUT2D eigenvalue weighted by Gasteiger charge is -2.07. The summed E-state index contributed by atoms with van der Waals surface area (Å²) in [6.07, 6.45) is 0. The molecule has 9 heteroatoms. The van der Waals surface area contributed by atoms with Crippen LogP contribution in [0.4, 0.5) is 5.69 Å². The van der Waals surface area contributed by atoms with Gasteiger partial charge in [0.2, 0.25) is 0 Å². The van der Waals surface area contributed by atoms with Crippen molar-refractivity contribution < 1.29 is 8.42 Å². The van der Waals surface area contributed by atoms with Crippen LogP contribution < -0.4 is 15.8 Å². The van der Waals surface area contributed by atoms with Crippen molar-refractivity contribution in [3.63, 3.8) is 0 Å². The largest absolute Gasteiger partial charge is 0.338 e. The molecule has 4 rings (SSSR count). The molecule has 0 aliphatic heterocycles. The standard InChI is InChI=1S/C17H14N4O4S/c1-10-6-8-11(9-7-10)26(24,25)20-14-15-18-13-5-3-2-4-12(13)17(23)21(15)19-16(14)22/h2-9,18,20H,1H3,(H,19,22). The van der Waals surface area contributed by atoms with Crippen LogP contribution in [0.3, 0.4) is 0 Å². The van der Waals surface area contributed by atoms with Gasteiger partial charge in [-0.2, -0.15) is 4.52 Å². The summed E-state index contributed by atoms with van der Waals surface area (Å²) in [7, 11) is -3.99. The first-order chi connectivity index (χ1) is 12.4. The van der Waals surface area contributed by atoms with Crippen LogP contribution in [-0.2, 0) is 10.0 Å². The quantitative estimate of drug-likeness (QED) is 0.508. The monoisotopic (exact) mass is 370 g/mol. The number of benzene rings is 2. The van der Waals surface area contributed by atoms with E-state index in [2.05, 4.69) is 14.8 Å². The molecule has 0 aliphatic carbocycles. The smallest absolute Gasteiger partial charge is 0.291 e. The molecule has 0 atom stereocenters. The fourth-order valence-electron chi connectivity index (χ4n) is 2.74. The molecule has 0 saturated heterocycles. The van der Waals surface area contributed by atoms with Gasteiger partial charge in [0.25, 0.3) is 21.1 Å². The van der Waals surface area contributed by atoms with Gasteiger partial charge in [-0.05, 0) is 31.2 Å². The maximum Gasteiger partial charge on any atom is 0.291 e. The summed E-state index contributed by atoms with van der Waals surface area (Å²) < 4.78 is 28.5. The first-order valence-corrected chi connectivity index (χ1v) is 9.20. The second-order valence-electron chi connectivity index (χ2n) is 5.89. The number of H-pyrrole nitrogens is 2. The minimum atomic E-state index is -3.99. The van der Waals surface area contributed by atoms with E-state index in [1.165, 1.54) is 12.1 Å². The molecule has 0 unspecified atom stereocenters. The zero-order valence-electron chi connectivity index (χ0n) is 13.6. The number of anilines is 1. The zero-order chi connectivity index (χ0) is 18.5. The number of hydrogen-bond acceptors (Lipinski definition) is 4. The number of fused-ring (bicyclic) bond motifs is 2. The lowest BCUT2D eigenvalue weighted by Crippen LogP contribution is -2.17. The molecular weight excluding hydrogens is 356 g/mol. The second kappa shape index (κ2) is 5.60. The average Bonchev–Trinajstić information content (AvgIpc) is 2.91. The molecule has 2 aromatic carbocycles. The Balaban J connectivity index is 1.92. The van der Waals surface area contributed by atoms with E-state index in [1.54, 1.807) is 36.4 Å². The Hall–Kier alpha value is -3.33. The minimum absolute atomic E-state index is 0.0185. The normalized spacial score (nSPS) is 11.9. The number of nitrogens with zero attached hydrogens (tertiary/aromatic N) is 1. The Bertz CT molecular complexity index is 1360. The van der Waals surface area contributed by atoms with Gasteiger partial charge >= 0.3 is 0 Å². The Morgan fingerprint density at radius 2 is 1.69 bits per heavy atom. The second-order valence-corrected chi connectivity index (χ2v) is 7.58. The Morgan fingerprint density at radius 1 is 1.00 bits per heavy atom. The SMILES string of the molecule is Cc1ccc(S(=O)(=O)Nc2c(=O)[nH]n3c(=O)c4ccccc4[nH]c23)cc1. The summed E-state index contributed by atoms with van der Waals surface area (Å²) in [5.41, 5.74) is 0.0404. The molecule has 0 aliphatic rings. The molecule has 0 fully saturated rings. The molecule has 0 saturated carbocycles. The fourth-order valence-corrected chi connectivity index (χ4v) is 3.81. The van der Waals surface area contributed by atoms with Gasteiger partial charge in [0.15, 0.2) is 11.3 Å². The van der Waals surface area contributed by atoms with Crippen molar-refractivity contribution in [3.8, 4) is 0 Å². The van der Waals surface area contributed by atoms with E-state index in [0.717, 1.165) is 10.1 Å². The number of sulfonamides is 1. The Morgan fingerprint density at radius 3 is 2.42 bits per heavy atom. The molecule has 132 valence electrons. The topological polar surface area (TPSA) is 116 Å². The van der Waals surface area contributed by atoms with Crippen LogP contribution in [0.5, 0.6) is 0 Å². The van der Waals surface area contributed by atoms with Crippen molar-refractivity contribution in [1.29, 1.82) is 0 Å².